The lowest BCUT2D eigenvalue weighted by atomic mass is 9.84. The molecule has 0 amide bonds. The number of nitrogens with zero attached hydrogens (tertiary/aromatic N) is 1. The van der Waals surface area contributed by atoms with Crippen LogP contribution in [0.4, 0.5) is 0 Å². The van der Waals surface area contributed by atoms with Crippen molar-refractivity contribution in [2.45, 2.75) is 12.3 Å². The molecule has 0 spiro atoms. The first-order valence-corrected chi connectivity index (χ1v) is 15.6. The van der Waals surface area contributed by atoms with E-state index in [0.29, 0.717) is 64.8 Å². The van der Waals surface area contributed by atoms with E-state index in [1.165, 1.54) is 14.2 Å². The zero-order valence-electron chi connectivity index (χ0n) is 26.7. The first-order valence-electron chi connectivity index (χ1n) is 15.6. The molecule has 3 heterocycles. The van der Waals surface area contributed by atoms with E-state index in [9.17, 15) is 14.7 Å². The molecule has 6 aromatic rings. The van der Waals surface area contributed by atoms with Crippen molar-refractivity contribution in [1.29, 1.82) is 0 Å². The lowest BCUT2D eigenvalue weighted by Crippen LogP contribution is -2.26. The molecule has 2 aromatic heterocycles. The van der Waals surface area contributed by atoms with Gasteiger partial charge >= 0.3 is 5.97 Å². The number of nitrogens with one attached hydrogen (secondary N) is 1. The third-order valence-electron chi connectivity index (χ3n) is 8.86. The maximum atomic E-state index is 14.3. The van der Waals surface area contributed by atoms with E-state index in [2.05, 4.69) is 4.98 Å². The van der Waals surface area contributed by atoms with Crippen molar-refractivity contribution in [1.82, 2.24) is 9.55 Å². The Morgan fingerprint density at radius 1 is 0.938 bits per heavy atom. The Bertz CT molecular complexity index is 2230. The van der Waals surface area contributed by atoms with E-state index in [1.54, 1.807) is 41.9 Å². The predicted octanol–water partition coefficient (Wildman–Crippen LogP) is 6.09. The summed E-state index contributed by atoms with van der Waals surface area (Å²) in [5.41, 5.74) is 3.69. The molecule has 2 N–H and O–H groups in total. The number of methoxy groups -OCH3 is 2. The molecule has 1 aliphatic rings. The molecule has 10 heteroatoms. The van der Waals surface area contributed by atoms with Gasteiger partial charge in [0.15, 0.2) is 11.5 Å². The summed E-state index contributed by atoms with van der Waals surface area (Å²) >= 11 is 0. The lowest BCUT2D eigenvalue weighted by molar-refractivity contribution is 0.0505. The smallest absolute Gasteiger partial charge is 0.341 e. The monoisotopic (exact) mass is 646 g/mol. The van der Waals surface area contributed by atoms with Crippen molar-refractivity contribution in [3.63, 3.8) is 0 Å². The van der Waals surface area contributed by atoms with Gasteiger partial charge in [-0.25, -0.2) is 4.79 Å². The Labute approximate surface area is 276 Å². The maximum absolute atomic E-state index is 14.3. The summed E-state index contributed by atoms with van der Waals surface area (Å²) in [6, 6.07) is 25.5. The van der Waals surface area contributed by atoms with Gasteiger partial charge in [0.2, 0.25) is 0 Å². The number of rotatable bonds is 9. The molecule has 0 saturated carbocycles. The average Bonchev–Trinajstić information content (AvgIpc) is 3.49. The zero-order valence-corrected chi connectivity index (χ0v) is 26.7. The number of pyridine rings is 1. The summed E-state index contributed by atoms with van der Waals surface area (Å²) in [7, 11) is 4.72. The lowest BCUT2D eigenvalue weighted by Gasteiger charge is -2.27. The van der Waals surface area contributed by atoms with E-state index in [0.717, 1.165) is 16.5 Å². The number of ether oxygens (including phenoxy) is 5. The minimum Gasteiger partial charge on any atom is -0.507 e. The van der Waals surface area contributed by atoms with Crippen LogP contribution in [-0.2, 0) is 18.2 Å². The molecule has 1 aliphatic heterocycles. The second kappa shape index (κ2) is 12.7. The van der Waals surface area contributed by atoms with Gasteiger partial charge in [-0.2, -0.15) is 0 Å². The Morgan fingerprint density at radius 3 is 2.52 bits per heavy atom. The SMILES string of the molecule is COc1ccc(C(=O)OCCc2c(C(c3cccc4c3OCCO4)c3c(O)c4ccccc4n(C)c3=O)[nH]c3ccccc23)c(OC)c1. The highest BCUT2D eigenvalue weighted by Crippen LogP contribution is 2.47. The number of aryl methyl sites for hydroxylation is 1. The number of aromatic amines is 1. The molecule has 7 rings (SSSR count). The number of para-hydroxylation sites is 3. The van der Waals surface area contributed by atoms with Gasteiger partial charge in [-0.15, -0.1) is 0 Å². The van der Waals surface area contributed by atoms with Gasteiger partial charge in [-0.1, -0.05) is 42.5 Å². The standard InChI is InChI=1S/C38H34N2O8/c1-40-29-13-7-5-10-25(29)35(41)33(37(40)42)32(27-11-8-14-30-36(27)47-20-19-46-30)34-24(23-9-4-6-12-28(23)39-34)17-18-48-38(43)26-16-15-22(44-2)21-31(26)45-3/h4-16,21,32,39,41H,17-20H2,1-3H3. The van der Waals surface area contributed by atoms with Crippen LogP contribution in [0, 0.1) is 0 Å². The fourth-order valence-corrected chi connectivity index (χ4v) is 6.57. The van der Waals surface area contributed by atoms with Crippen LogP contribution in [0.3, 0.4) is 0 Å². The normalized spacial score (nSPS) is 13.0. The van der Waals surface area contributed by atoms with E-state index < -0.39 is 11.9 Å². The number of aromatic nitrogens is 2. The van der Waals surface area contributed by atoms with E-state index >= 15 is 0 Å². The van der Waals surface area contributed by atoms with Crippen LogP contribution in [0.25, 0.3) is 21.8 Å². The molecule has 48 heavy (non-hydrogen) atoms. The number of esters is 1. The third-order valence-corrected chi connectivity index (χ3v) is 8.86. The van der Waals surface area contributed by atoms with E-state index in [1.807, 2.05) is 54.6 Å². The Hall–Kier alpha value is -5.90. The highest BCUT2D eigenvalue weighted by atomic mass is 16.6. The molecule has 0 radical (unpaired) electrons. The second-order valence-corrected chi connectivity index (χ2v) is 11.5. The molecule has 1 atom stereocenters. The van der Waals surface area contributed by atoms with Crippen molar-refractivity contribution in [3.05, 3.63) is 123 Å². The largest absolute Gasteiger partial charge is 0.507 e. The van der Waals surface area contributed by atoms with Crippen molar-refractivity contribution < 1.29 is 33.6 Å². The number of hydrogen-bond donors (Lipinski definition) is 2. The van der Waals surface area contributed by atoms with Crippen LogP contribution in [0.5, 0.6) is 28.7 Å². The van der Waals surface area contributed by atoms with E-state index in [-0.39, 0.29) is 29.0 Å². The number of hydrogen-bond acceptors (Lipinski definition) is 8. The molecule has 0 aliphatic carbocycles. The van der Waals surface area contributed by atoms with Gasteiger partial charge in [0.1, 0.15) is 36.0 Å². The topological polar surface area (TPSA) is 121 Å². The van der Waals surface area contributed by atoms with Crippen LogP contribution in [0.15, 0.2) is 89.7 Å². The summed E-state index contributed by atoms with van der Waals surface area (Å²) in [4.78, 5) is 31.1. The predicted molar refractivity (Wildman–Crippen MR) is 181 cm³/mol. The summed E-state index contributed by atoms with van der Waals surface area (Å²) in [5, 5.41) is 13.3. The average molecular weight is 647 g/mol. The van der Waals surface area contributed by atoms with Crippen molar-refractivity contribution in [2.75, 3.05) is 34.0 Å². The molecule has 0 fully saturated rings. The van der Waals surface area contributed by atoms with Crippen LogP contribution in [0.2, 0.25) is 0 Å². The first kappa shape index (κ1) is 30.7. The Kier molecular flexibility index (Phi) is 8.14. The molecular formula is C38H34N2O8. The van der Waals surface area contributed by atoms with Crippen LogP contribution >= 0.6 is 0 Å². The number of benzene rings is 4. The zero-order chi connectivity index (χ0) is 33.4. The number of fused-ring (bicyclic) bond motifs is 3. The number of H-pyrrole nitrogens is 1. The molecule has 244 valence electrons. The molecule has 1 unspecified atom stereocenters. The maximum Gasteiger partial charge on any atom is 0.341 e. The summed E-state index contributed by atoms with van der Waals surface area (Å²) in [6.07, 6.45) is 0.307. The second-order valence-electron chi connectivity index (χ2n) is 11.5. The van der Waals surface area contributed by atoms with Crippen LogP contribution < -0.4 is 24.5 Å². The highest BCUT2D eigenvalue weighted by molar-refractivity contribution is 5.93. The van der Waals surface area contributed by atoms with E-state index in [4.69, 9.17) is 23.7 Å². The van der Waals surface area contributed by atoms with Crippen molar-refractivity contribution >= 4 is 27.8 Å². The summed E-state index contributed by atoms with van der Waals surface area (Å²) < 4.78 is 30.1. The molecule has 4 aromatic carbocycles. The number of carbonyl (C=O) groups is 1. The molecule has 0 saturated heterocycles. The first-order chi connectivity index (χ1) is 23.4. The van der Waals surface area contributed by atoms with Gasteiger partial charge in [0, 0.05) is 47.1 Å². The van der Waals surface area contributed by atoms with Crippen molar-refractivity contribution in [2.24, 2.45) is 7.05 Å². The Morgan fingerprint density at radius 2 is 1.71 bits per heavy atom. The minimum atomic E-state index is -0.801. The molecular weight excluding hydrogens is 612 g/mol. The molecule has 0 bridgehead atoms. The fourth-order valence-electron chi connectivity index (χ4n) is 6.57. The summed E-state index contributed by atoms with van der Waals surface area (Å²) in [5.74, 6) is 0.493. The highest BCUT2D eigenvalue weighted by Gasteiger charge is 2.34. The Balaban J connectivity index is 1.38. The third kappa shape index (κ3) is 5.25. The minimum absolute atomic E-state index is 0.0316. The molecule has 10 nitrogen and oxygen atoms in total. The van der Waals surface area contributed by atoms with Gasteiger partial charge in [0.25, 0.3) is 5.56 Å². The quantitative estimate of drug-likeness (QED) is 0.181. The fraction of sp³-hybridized carbons (Fsp3) is 0.211. The number of aromatic hydroxyl groups is 1. The van der Waals surface area contributed by atoms with Gasteiger partial charge in [-0.05, 0) is 42.0 Å². The van der Waals surface area contributed by atoms with Crippen LogP contribution in [0.1, 0.15) is 38.7 Å². The van der Waals surface area contributed by atoms with Crippen LogP contribution in [-0.4, -0.2) is 54.7 Å². The van der Waals surface area contributed by atoms with Gasteiger partial charge in [-0.3, -0.25) is 4.79 Å². The van der Waals surface area contributed by atoms with Gasteiger partial charge < -0.3 is 38.3 Å². The summed E-state index contributed by atoms with van der Waals surface area (Å²) in [6.45, 7) is 0.763. The van der Waals surface area contributed by atoms with Crippen molar-refractivity contribution in [3.8, 4) is 28.7 Å². The number of carbonyl (C=O) groups excluding carboxylic acids is 1. The van der Waals surface area contributed by atoms with Gasteiger partial charge in [0.05, 0.1) is 37.8 Å².